The Morgan fingerprint density at radius 2 is 1.72 bits per heavy atom. The lowest BCUT2D eigenvalue weighted by atomic mass is 10.1. The van der Waals surface area contributed by atoms with Gasteiger partial charge in [-0.05, 0) is 47.9 Å². The molecule has 0 heterocycles. The smallest absolute Gasteiger partial charge is 0.412 e. The summed E-state index contributed by atoms with van der Waals surface area (Å²) in [7, 11) is 0. The van der Waals surface area contributed by atoms with Crippen molar-refractivity contribution in [3.8, 4) is 0 Å². The number of benzene rings is 3. The Morgan fingerprint density at radius 1 is 1.00 bits per heavy atom. The molecule has 4 rings (SSSR count). The number of hydrogen-bond acceptors (Lipinski definition) is 5. The molecule has 1 aliphatic rings. The molecule has 32 heavy (non-hydrogen) atoms. The molecule has 0 spiro atoms. The highest BCUT2D eigenvalue weighted by atomic mass is 35.5. The lowest BCUT2D eigenvalue weighted by Crippen LogP contribution is -2.15. The third-order valence-electron chi connectivity index (χ3n) is 5.29. The van der Waals surface area contributed by atoms with E-state index in [9.17, 15) is 9.59 Å². The number of nitrogen functional groups attached to an aromatic ring is 1. The van der Waals surface area contributed by atoms with Gasteiger partial charge in [0.2, 0.25) is 0 Å². The zero-order valence-electron chi connectivity index (χ0n) is 17.2. The predicted molar refractivity (Wildman–Crippen MR) is 126 cm³/mol. The number of amides is 2. The van der Waals surface area contributed by atoms with Crippen LogP contribution < -0.4 is 22.1 Å². The van der Waals surface area contributed by atoms with Gasteiger partial charge in [0.1, 0.15) is 6.61 Å². The van der Waals surface area contributed by atoms with Gasteiger partial charge in [0, 0.05) is 17.5 Å². The fourth-order valence-electron chi connectivity index (χ4n) is 3.32. The largest absolute Gasteiger partial charge is 0.444 e. The molecule has 0 radical (unpaired) electrons. The first-order valence-electron chi connectivity index (χ1n) is 10.1. The molecule has 0 aliphatic heterocycles. The molecule has 1 aliphatic carbocycles. The third-order valence-corrected chi connectivity index (χ3v) is 5.61. The van der Waals surface area contributed by atoms with E-state index in [4.69, 9.17) is 27.8 Å². The number of nitrogens with two attached hydrogens (primary N) is 2. The summed E-state index contributed by atoms with van der Waals surface area (Å²) in [5.74, 6) is 0.0695. The number of halogens is 1. The highest BCUT2D eigenvalue weighted by Crippen LogP contribution is 2.38. The monoisotopic (exact) mass is 450 g/mol. The zero-order valence-corrected chi connectivity index (χ0v) is 17.9. The molecule has 3 aromatic carbocycles. The van der Waals surface area contributed by atoms with Crippen LogP contribution >= 0.6 is 11.6 Å². The van der Waals surface area contributed by atoms with Crippen molar-refractivity contribution in [3.05, 3.63) is 88.4 Å². The minimum Gasteiger partial charge on any atom is -0.444 e. The van der Waals surface area contributed by atoms with Crippen LogP contribution in [0.1, 0.15) is 33.8 Å². The van der Waals surface area contributed by atoms with Gasteiger partial charge < -0.3 is 21.5 Å². The van der Waals surface area contributed by atoms with E-state index in [-0.39, 0.29) is 23.6 Å². The first kappa shape index (κ1) is 21.7. The van der Waals surface area contributed by atoms with Crippen molar-refractivity contribution >= 4 is 40.7 Å². The highest BCUT2D eigenvalue weighted by molar-refractivity contribution is 6.34. The van der Waals surface area contributed by atoms with Crippen molar-refractivity contribution in [2.45, 2.75) is 25.0 Å². The first-order valence-corrected chi connectivity index (χ1v) is 10.5. The van der Waals surface area contributed by atoms with Crippen LogP contribution in [0.4, 0.5) is 21.9 Å². The molecule has 7 nitrogen and oxygen atoms in total. The molecule has 0 bridgehead atoms. The molecule has 0 aromatic heterocycles. The fraction of sp³-hybridized carbons (Fsp3) is 0.167. The van der Waals surface area contributed by atoms with Crippen molar-refractivity contribution in [3.63, 3.8) is 0 Å². The SMILES string of the molecule is Nc1ccccc1NC(=O)c1ccc(NC(=O)OCc2ccc(C3CC3N)cc2)c(Cl)c1. The fourth-order valence-corrected chi connectivity index (χ4v) is 3.54. The summed E-state index contributed by atoms with van der Waals surface area (Å²) < 4.78 is 5.27. The van der Waals surface area contributed by atoms with Gasteiger partial charge in [-0.25, -0.2) is 4.79 Å². The molecule has 2 unspecified atom stereocenters. The second kappa shape index (κ2) is 9.30. The molecule has 2 atom stereocenters. The van der Waals surface area contributed by atoms with E-state index in [0.717, 1.165) is 12.0 Å². The second-order valence-corrected chi connectivity index (χ2v) is 8.09. The zero-order chi connectivity index (χ0) is 22.7. The van der Waals surface area contributed by atoms with Gasteiger partial charge in [-0.3, -0.25) is 10.1 Å². The minimum atomic E-state index is -0.644. The lowest BCUT2D eigenvalue weighted by Gasteiger charge is -2.11. The maximum Gasteiger partial charge on any atom is 0.412 e. The average molecular weight is 451 g/mol. The van der Waals surface area contributed by atoms with Gasteiger partial charge in [0.05, 0.1) is 22.1 Å². The summed E-state index contributed by atoms with van der Waals surface area (Å²) in [6.07, 6.45) is 0.370. The van der Waals surface area contributed by atoms with Crippen molar-refractivity contribution in [1.29, 1.82) is 0 Å². The Balaban J connectivity index is 1.31. The van der Waals surface area contributed by atoms with Crippen molar-refractivity contribution in [2.75, 3.05) is 16.4 Å². The van der Waals surface area contributed by atoms with E-state index in [1.54, 1.807) is 36.4 Å². The molecule has 6 N–H and O–H groups in total. The van der Waals surface area contributed by atoms with E-state index >= 15 is 0 Å². The number of carbonyl (C=O) groups excluding carboxylic acids is 2. The van der Waals surface area contributed by atoms with E-state index in [1.165, 1.54) is 11.6 Å². The lowest BCUT2D eigenvalue weighted by molar-refractivity contribution is 0.102. The number of ether oxygens (including phenoxy) is 1. The molecule has 3 aromatic rings. The third kappa shape index (κ3) is 5.19. The summed E-state index contributed by atoms with van der Waals surface area (Å²) >= 11 is 6.25. The van der Waals surface area contributed by atoms with E-state index in [0.29, 0.717) is 28.5 Å². The van der Waals surface area contributed by atoms with Gasteiger partial charge in [-0.2, -0.15) is 0 Å². The van der Waals surface area contributed by atoms with Gasteiger partial charge in [-0.1, -0.05) is 48.0 Å². The maximum atomic E-state index is 12.5. The molecular formula is C24H23ClN4O3. The van der Waals surface area contributed by atoms with Crippen LogP contribution in [0.25, 0.3) is 0 Å². The number of rotatable bonds is 6. The molecule has 0 saturated heterocycles. The Bertz CT molecular complexity index is 1150. The van der Waals surface area contributed by atoms with Crippen LogP contribution in [0.3, 0.4) is 0 Å². The Morgan fingerprint density at radius 3 is 2.38 bits per heavy atom. The highest BCUT2D eigenvalue weighted by Gasteiger charge is 2.34. The topological polar surface area (TPSA) is 119 Å². The molecular weight excluding hydrogens is 428 g/mol. The number of hydrogen-bond donors (Lipinski definition) is 4. The van der Waals surface area contributed by atoms with E-state index in [2.05, 4.69) is 10.6 Å². The summed E-state index contributed by atoms with van der Waals surface area (Å²) in [5.41, 5.74) is 15.4. The van der Waals surface area contributed by atoms with Gasteiger partial charge >= 0.3 is 6.09 Å². The van der Waals surface area contributed by atoms with Gasteiger partial charge in [-0.15, -0.1) is 0 Å². The average Bonchev–Trinajstić information content (AvgIpc) is 3.52. The summed E-state index contributed by atoms with van der Waals surface area (Å²) in [6, 6.07) is 19.6. The number of carbonyl (C=O) groups is 2. The van der Waals surface area contributed by atoms with E-state index in [1.807, 2.05) is 24.3 Å². The maximum absolute atomic E-state index is 12.5. The number of anilines is 3. The Hall–Kier alpha value is -3.55. The van der Waals surface area contributed by atoms with Gasteiger partial charge in [0.25, 0.3) is 5.91 Å². The van der Waals surface area contributed by atoms with Crippen LogP contribution in [-0.2, 0) is 11.3 Å². The molecule has 8 heteroatoms. The first-order chi connectivity index (χ1) is 15.4. The quantitative estimate of drug-likeness (QED) is 0.404. The van der Waals surface area contributed by atoms with Crippen LogP contribution in [0, 0.1) is 0 Å². The number of para-hydroxylation sites is 2. The molecule has 1 saturated carbocycles. The molecule has 1 fully saturated rings. The molecule has 164 valence electrons. The molecule has 2 amide bonds. The second-order valence-electron chi connectivity index (χ2n) is 7.68. The van der Waals surface area contributed by atoms with Crippen molar-refractivity contribution in [1.82, 2.24) is 0 Å². The Labute approximate surface area is 190 Å². The van der Waals surface area contributed by atoms with Crippen LogP contribution in [0.15, 0.2) is 66.7 Å². The van der Waals surface area contributed by atoms with Crippen molar-refractivity contribution < 1.29 is 14.3 Å². The van der Waals surface area contributed by atoms with Crippen LogP contribution in [0.5, 0.6) is 0 Å². The van der Waals surface area contributed by atoms with E-state index < -0.39 is 6.09 Å². The number of nitrogens with one attached hydrogen (secondary N) is 2. The standard InChI is InChI=1S/C24H23ClN4O3/c25-18-11-16(23(30)28-22-4-2-1-3-19(22)26)9-10-21(18)29-24(31)32-13-14-5-7-15(8-6-14)17-12-20(17)27/h1-11,17,20H,12-13,26-27H2,(H,28,30)(H,29,31). The van der Waals surface area contributed by atoms with Crippen LogP contribution in [0.2, 0.25) is 5.02 Å². The minimum absolute atomic E-state index is 0.124. The predicted octanol–water partition coefficient (Wildman–Crippen LogP) is 4.74. The Kier molecular flexibility index (Phi) is 6.30. The van der Waals surface area contributed by atoms with Crippen molar-refractivity contribution in [2.24, 2.45) is 5.73 Å². The van der Waals surface area contributed by atoms with Crippen LogP contribution in [-0.4, -0.2) is 18.0 Å². The summed E-state index contributed by atoms with van der Waals surface area (Å²) in [5, 5.41) is 5.53. The van der Waals surface area contributed by atoms with Gasteiger partial charge in [0.15, 0.2) is 0 Å². The normalized spacial score (nSPS) is 16.8. The summed E-state index contributed by atoms with van der Waals surface area (Å²) in [4.78, 5) is 24.6. The summed E-state index contributed by atoms with van der Waals surface area (Å²) in [6.45, 7) is 0.124.